The lowest BCUT2D eigenvalue weighted by atomic mass is 10.1. The Morgan fingerprint density at radius 1 is 1.12 bits per heavy atom. The number of nitrogens with zero attached hydrogens (tertiary/aromatic N) is 1. The minimum absolute atomic E-state index is 0.227. The van der Waals surface area contributed by atoms with Gasteiger partial charge in [0.2, 0.25) is 0 Å². The summed E-state index contributed by atoms with van der Waals surface area (Å²) in [6, 6.07) is 14.0. The number of benzene rings is 1. The van der Waals surface area contributed by atoms with Gasteiger partial charge < -0.3 is 15.3 Å². The summed E-state index contributed by atoms with van der Waals surface area (Å²) in [6.45, 7) is 0. The lowest BCUT2D eigenvalue weighted by molar-refractivity contribution is 0.0697. The van der Waals surface area contributed by atoms with Gasteiger partial charge in [0, 0.05) is 11.1 Å². The van der Waals surface area contributed by atoms with Crippen LogP contribution >= 0.6 is 0 Å². The lowest BCUT2D eigenvalue weighted by Crippen LogP contribution is -1.95. The van der Waals surface area contributed by atoms with E-state index in [0.717, 1.165) is 22.4 Å². The molecule has 2 heterocycles. The van der Waals surface area contributed by atoms with Crippen LogP contribution in [0, 0.1) is 0 Å². The third kappa shape index (κ3) is 2.83. The molecule has 3 N–H and O–H groups in total. The fraction of sp³-hybridized carbons (Fsp3) is 0. The number of aromatic carboxylic acids is 1. The second kappa shape index (κ2) is 5.79. The normalized spacial score (nSPS) is 14.0. The number of nitrogens with two attached hydrogens (primary N) is 1. The fourth-order valence-electron chi connectivity index (χ4n) is 2.79. The molecule has 0 aliphatic heterocycles. The van der Waals surface area contributed by atoms with Crippen LogP contribution in [0.5, 0.6) is 0 Å². The second-order valence-electron chi connectivity index (χ2n) is 5.69. The van der Waals surface area contributed by atoms with E-state index in [0.29, 0.717) is 17.3 Å². The van der Waals surface area contributed by atoms with Gasteiger partial charge in [0.05, 0.1) is 11.3 Å². The number of pyridine rings is 1. The number of hydrogen-bond acceptors (Lipinski definition) is 4. The monoisotopic (exact) mass is 330 g/mol. The van der Waals surface area contributed by atoms with Crippen molar-refractivity contribution in [1.29, 1.82) is 0 Å². The number of hydrogen-bond donors (Lipinski definition) is 2. The zero-order chi connectivity index (χ0) is 17.4. The molecule has 0 saturated heterocycles. The summed E-state index contributed by atoms with van der Waals surface area (Å²) in [5.74, 6) is 0.825. The third-order valence-corrected chi connectivity index (χ3v) is 4.00. The molecule has 25 heavy (non-hydrogen) atoms. The molecule has 0 spiro atoms. The van der Waals surface area contributed by atoms with Gasteiger partial charge in [0.25, 0.3) is 0 Å². The van der Waals surface area contributed by atoms with Gasteiger partial charge in [0.15, 0.2) is 0 Å². The number of allylic oxidation sites excluding steroid dienone is 2. The van der Waals surface area contributed by atoms with Crippen LogP contribution in [0.4, 0.5) is 5.82 Å². The summed E-state index contributed by atoms with van der Waals surface area (Å²) in [5, 5.41) is 9.10. The Balaban J connectivity index is 1.66. The van der Waals surface area contributed by atoms with Crippen molar-refractivity contribution >= 4 is 29.5 Å². The molecule has 1 aliphatic carbocycles. The van der Waals surface area contributed by atoms with Crippen molar-refractivity contribution in [2.24, 2.45) is 0 Å². The molecule has 0 unspecified atom stereocenters. The van der Waals surface area contributed by atoms with Crippen LogP contribution in [0.25, 0.3) is 29.0 Å². The van der Waals surface area contributed by atoms with E-state index in [1.165, 1.54) is 0 Å². The number of furan rings is 1. The number of rotatable bonds is 3. The zero-order valence-electron chi connectivity index (χ0n) is 13.1. The van der Waals surface area contributed by atoms with E-state index in [-0.39, 0.29) is 5.56 Å². The summed E-state index contributed by atoms with van der Waals surface area (Å²) in [6.07, 6.45) is 5.80. The molecule has 1 aromatic carbocycles. The Labute approximate surface area is 143 Å². The molecule has 122 valence electrons. The number of carbonyl (C=O) groups is 1. The third-order valence-electron chi connectivity index (χ3n) is 4.00. The fourth-order valence-corrected chi connectivity index (χ4v) is 2.79. The first-order valence-electron chi connectivity index (χ1n) is 7.70. The van der Waals surface area contributed by atoms with E-state index in [1.807, 2.05) is 42.5 Å². The quantitative estimate of drug-likeness (QED) is 0.751. The zero-order valence-corrected chi connectivity index (χ0v) is 13.1. The molecule has 0 atom stereocenters. The lowest BCUT2D eigenvalue weighted by Gasteiger charge is -2.01. The van der Waals surface area contributed by atoms with Crippen molar-refractivity contribution in [3.05, 3.63) is 77.2 Å². The number of carboxylic acids is 1. The number of anilines is 1. The minimum atomic E-state index is -0.963. The molecular formula is C20H14N2O3. The number of nitrogen functional groups attached to an aromatic ring is 1. The molecule has 4 rings (SSSR count). The highest BCUT2D eigenvalue weighted by Gasteiger charge is 2.13. The van der Waals surface area contributed by atoms with E-state index < -0.39 is 5.97 Å². The smallest absolute Gasteiger partial charge is 0.335 e. The Kier molecular flexibility index (Phi) is 3.47. The Hall–Kier alpha value is -3.60. The minimum Gasteiger partial charge on any atom is -0.478 e. The standard InChI is InChI=1S/C20H14N2O3/c21-19-9-6-16-12(4-7-17(16)22-19)11-15-5-8-18(25-15)13-2-1-3-14(10-13)20(23)24/h1-11H,(H2,21,22)(H,23,24)/b12-11+. The first-order chi connectivity index (χ1) is 12.1. The molecule has 0 saturated carbocycles. The highest BCUT2D eigenvalue weighted by atomic mass is 16.4. The molecule has 3 aromatic rings. The van der Waals surface area contributed by atoms with Crippen LogP contribution < -0.4 is 5.73 Å². The molecule has 5 heteroatoms. The van der Waals surface area contributed by atoms with Crippen LogP contribution in [-0.4, -0.2) is 16.1 Å². The number of aromatic nitrogens is 1. The molecule has 1 aliphatic rings. The van der Waals surface area contributed by atoms with E-state index in [1.54, 1.807) is 24.3 Å². The predicted octanol–water partition coefficient (Wildman–Crippen LogP) is 4.19. The molecular weight excluding hydrogens is 316 g/mol. The topological polar surface area (TPSA) is 89.3 Å². The van der Waals surface area contributed by atoms with Crippen molar-refractivity contribution in [1.82, 2.24) is 4.98 Å². The largest absolute Gasteiger partial charge is 0.478 e. The molecule has 2 aromatic heterocycles. The van der Waals surface area contributed by atoms with Crippen LogP contribution in [-0.2, 0) is 0 Å². The summed E-state index contributed by atoms with van der Waals surface area (Å²) in [7, 11) is 0. The van der Waals surface area contributed by atoms with Gasteiger partial charge in [-0.15, -0.1) is 0 Å². The highest BCUT2D eigenvalue weighted by Crippen LogP contribution is 2.31. The van der Waals surface area contributed by atoms with Gasteiger partial charge >= 0.3 is 5.97 Å². The van der Waals surface area contributed by atoms with Gasteiger partial charge in [-0.3, -0.25) is 0 Å². The van der Waals surface area contributed by atoms with Crippen molar-refractivity contribution in [3.63, 3.8) is 0 Å². The summed E-state index contributed by atoms with van der Waals surface area (Å²) in [4.78, 5) is 15.4. The van der Waals surface area contributed by atoms with Crippen LogP contribution in [0.1, 0.15) is 27.4 Å². The maximum absolute atomic E-state index is 11.1. The summed E-state index contributed by atoms with van der Waals surface area (Å²) in [5.41, 5.74) is 9.48. The Morgan fingerprint density at radius 2 is 2.00 bits per heavy atom. The van der Waals surface area contributed by atoms with Gasteiger partial charge in [-0.2, -0.15) is 0 Å². The maximum Gasteiger partial charge on any atom is 0.335 e. The van der Waals surface area contributed by atoms with Crippen molar-refractivity contribution in [2.75, 3.05) is 5.73 Å². The van der Waals surface area contributed by atoms with Gasteiger partial charge in [0.1, 0.15) is 17.3 Å². The average molecular weight is 330 g/mol. The van der Waals surface area contributed by atoms with Crippen LogP contribution in [0.15, 0.2) is 59.0 Å². The first kappa shape index (κ1) is 15.0. The predicted molar refractivity (Wildman–Crippen MR) is 96.7 cm³/mol. The van der Waals surface area contributed by atoms with Crippen LogP contribution in [0.3, 0.4) is 0 Å². The Morgan fingerprint density at radius 3 is 2.84 bits per heavy atom. The summed E-state index contributed by atoms with van der Waals surface area (Å²) >= 11 is 0. The molecule has 0 amide bonds. The molecule has 5 nitrogen and oxygen atoms in total. The van der Waals surface area contributed by atoms with Gasteiger partial charge in [-0.05, 0) is 54.1 Å². The van der Waals surface area contributed by atoms with Gasteiger partial charge in [-0.25, -0.2) is 9.78 Å². The number of fused-ring (bicyclic) bond motifs is 1. The second-order valence-corrected chi connectivity index (χ2v) is 5.69. The van der Waals surface area contributed by atoms with E-state index >= 15 is 0 Å². The first-order valence-corrected chi connectivity index (χ1v) is 7.70. The Bertz CT molecular complexity index is 1040. The van der Waals surface area contributed by atoms with Crippen molar-refractivity contribution in [3.8, 4) is 11.3 Å². The van der Waals surface area contributed by atoms with E-state index in [2.05, 4.69) is 4.98 Å². The molecule has 0 fully saturated rings. The van der Waals surface area contributed by atoms with Gasteiger partial charge in [-0.1, -0.05) is 18.2 Å². The maximum atomic E-state index is 11.1. The highest BCUT2D eigenvalue weighted by molar-refractivity contribution is 5.96. The SMILES string of the molecule is Nc1ccc2c(n1)C=C/C2=C\c1ccc(-c2cccc(C(=O)O)c2)o1. The van der Waals surface area contributed by atoms with E-state index in [4.69, 9.17) is 15.3 Å². The number of carboxylic acid groups (broad SMARTS) is 1. The molecule has 0 radical (unpaired) electrons. The van der Waals surface area contributed by atoms with Crippen molar-refractivity contribution < 1.29 is 14.3 Å². The van der Waals surface area contributed by atoms with Crippen molar-refractivity contribution in [2.45, 2.75) is 0 Å². The van der Waals surface area contributed by atoms with Crippen LogP contribution in [0.2, 0.25) is 0 Å². The average Bonchev–Trinajstić information content (AvgIpc) is 3.22. The summed E-state index contributed by atoms with van der Waals surface area (Å²) < 4.78 is 5.86. The van der Waals surface area contributed by atoms with E-state index in [9.17, 15) is 4.79 Å². The molecule has 0 bridgehead atoms.